The van der Waals surface area contributed by atoms with Crippen molar-refractivity contribution in [2.45, 2.75) is 20.5 Å². The molecule has 0 aliphatic rings. The van der Waals surface area contributed by atoms with Crippen LogP contribution in [0.2, 0.25) is 5.02 Å². The Morgan fingerprint density at radius 2 is 1.89 bits per heavy atom. The van der Waals surface area contributed by atoms with Crippen molar-refractivity contribution < 1.29 is 4.74 Å². The number of benzene rings is 2. The lowest BCUT2D eigenvalue weighted by atomic mass is 10.1. The van der Waals surface area contributed by atoms with Crippen LogP contribution in [-0.4, -0.2) is 0 Å². The Kier molecular flexibility index (Phi) is 4.09. The van der Waals surface area contributed by atoms with Crippen LogP contribution in [0.4, 0.5) is 0 Å². The first-order chi connectivity index (χ1) is 9.10. The highest BCUT2D eigenvalue weighted by Gasteiger charge is 2.05. The van der Waals surface area contributed by atoms with Gasteiger partial charge in [0.2, 0.25) is 0 Å². The van der Waals surface area contributed by atoms with E-state index in [0.29, 0.717) is 22.9 Å². The van der Waals surface area contributed by atoms with Gasteiger partial charge in [0.05, 0.1) is 5.56 Å². The predicted octanol–water partition coefficient (Wildman–Crippen LogP) is 4.41. The maximum absolute atomic E-state index is 9.01. The maximum Gasteiger partial charge on any atom is 0.139 e. The van der Waals surface area contributed by atoms with E-state index in [1.165, 1.54) is 11.1 Å². The first kappa shape index (κ1) is 13.5. The average molecular weight is 272 g/mol. The first-order valence-electron chi connectivity index (χ1n) is 5.99. The minimum atomic E-state index is 0.427. The standard InChI is InChI=1S/C16H14ClNO/c1-11-3-4-13(7-12(11)2)10-19-16-8-15(17)6-5-14(16)9-18/h3-8H,10H2,1-2H3. The number of halogens is 1. The molecular formula is C16H14ClNO. The van der Waals surface area contributed by atoms with E-state index in [4.69, 9.17) is 21.6 Å². The second-order valence-corrected chi connectivity index (χ2v) is 4.90. The molecule has 2 nitrogen and oxygen atoms in total. The Morgan fingerprint density at radius 1 is 1.11 bits per heavy atom. The van der Waals surface area contributed by atoms with Gasteiger partial charge >= 0.3 is 0 Å². The smallest absolute Gasteiger partial charge is 0.139 e. The van der Waals surface area contributed by atoms with E-state index in [0.717, 1.165) is 5.56 Å². The molecule has 2 rings (SSSR count). The van der Waals surface area contributed by atoms with Crippen LogP contribution in [0.5, 0.6) is 5.75 Å². The van der Waals surface area contributed by atoms with Crippen LogP contribution >= 0.6 is 11.6 Å². The van der Waals surface area contributed by atoms with Gasteiger partial charge in [-0.05, 0) is 42.7 Å². The zero-order valence-electron chi connectivity index (χ0n) is 10.9. The van der Waals surface area contributed by atoms with Crippen molar-refractivity contribution >= 4 is 11.6 Å². The summed E-state index contributed by atoms with van der Waals surface area (Å²) in [5, 5.41) is 9.58. The van der Waals surface area contributed by atoms with Crippen LogP contribution in [0.15, 0.2) is 36.4 Å². The van der Waals surface area contributed by atoms with E-state index in [1.807, 2.05) is 6.07 Å². The van der Waals surface area contributed by atoms with Crippen LogP contribution in [-0.2, 0) is 6.61 Å². The number of ether oxygens (including phenoxy) is 1. The highest BCUT2D eigenvalue weighted by Crippen LogP contribution is 2.24. The lowest BCUT2D eigenvalue weighted by molar-refractivity contribution is 0.305. The largest absolute Gasteiger partial charge is 0.487 e. The summed E-state index contributed by atoms with van der Waals surface area (Å²) in [5.74, 6) is 0.522. The summed E-state index contributed by atoms with van der Waals surface area (Å²) >= 11 is 5.91. The molecule has 19 heavy (non-hydrogen) atoms. The fraction of sp³-hybridized carbons (Fsp3) is 0.188. The Hall–Kier alpha value is -1.98. The van der Waals surface area contributed by atoms with Gasteiger partial charge < -0.3 is 4.74 Å². The second kappa shape index (κ2) is 5.77. The van der Waals surface area contributed by atoms with Crippen LogP contribution in [0, 0.1) is 25.2 Å². The third kappa shape index (κ3) is 3.27. The van der Waals surface area contributed by atoms with Gasteiger partial charge in [-0.15, -0.1) is 0 Å². The van der Waals surface area contributed by atoms with E-state index in [2.05, 4.69) is 32.0 Å². The van der Waals surface area contributed by atoms with Gasteiger partial charge in [0.15, 0.2) is 0 Å². The summed E-state index contributed by atoms with van der Waals surface area (Å²) in [6.07, 6.45) is 0. The van der Waals surface area contributed by atoms with Crippen molar-refractivity contribution in [2.75, 3.05) is 0 Å². The molecular weight excluding hydrogens is 258 g/mol. The van der Waals surface area contributed by atoms with Crippen molar-refractivity contribution in [3.63, 3.8) is 0 Å². The third-order valence-corrected chi connectivity index (χ3v) is 3.26. The number of rotatable bonds is 3. The molecule has 0 atom stereocenters. The van der Waals surface area contributed by atoms with Gasteiger partial charge in [0.1, 0.15) is 18.4 Å². The van der Waals surface area contributed by atoms with Gasteiger partial charge in [-0.2, -0.15) is 5.26 Å². The fourth-order valence-corrected chi connectivity index (χ4v) is 1.92. The molecule has 0 spiro atoms. The molecule has 0 saturated heterocycles. The summed E-state index contributed by atoms with van der Waals surface area (Å²) in [4.78, 5) is 0. The van der Waals surface area contributed by atoms with Crippen LogP contribution in [0.25, 0.3) is 0 Å². The highest BCUT2D eigenvalue weighted by molar-refractivity contribution is 6.30. The van der Waals surface area contributed by atoms with E-state index in [-0.39, 0.29) is 0 Å². The minimum absolute atomic E-state index is 0.427. The van der Waals surface area contributed by atoms with Gasteiger partial charge in [-0.1, -0.05) is 29.8 Å². The lowest BCUT2D eigenvalue weighted by Gasteiger charge is -2.09. The molecule has 0 saturated carbocycles. The van der Waals surface area contributed by atoms with Crippen LogP contribution in [0.1, 0.15) is 22.3 Å². The Labute approximate surface area is 118 Å². The normalized spacial score (nSPS) is 10.0. The van der Waals surface area contributed by atoms with Crippen molar-refractivity contribution in [2.24, 2.45) is 0 Å². The maximum atomic E-state index is 9.01. The number of hydrogen-bond acceptors (Lipinski definition) is 2. The van der Waals surface area contributed by atoms with E-state index >= 15 is 0 Å². The van der Waals surface area contributed by atoms with Crippen molar-refractivity contribution in [3.05, 3.63) is 63.7 Å². The second-order valence-electron chi connectivity index (χ2n) is 4.46. The zero-order chi connectivity index (χ0) is 13.8. The van der Waals surface area contributed by atoms with Gasteiger partial charge in [0, 0.05) is 11.1 Å². The van der Waals surface area contributed by atoms with Crippen LogP contribution in [0.3, 0.4) is 0 Å². The van der Waals surface area contributed by atoms with E-state index in [1.54, 1.807) is 18.2 Å². The van der Waals surface area contributed by atoms with Crippen molar-refractivity contribution in [1.82, 2.24) is 0 Å². The molecule has 0 heterocycles. The molecule has 3 heteroatoms. The third-order valence-electron chi connectivity index (χ3n) is 3.03. The van der Waals surface area contributed by atoms with E-state index in [9.17, 15) is 0 Å². The molecule has 2 aromatic rings. The Morgan fingerprint density at radius 3 is 2.58 bits per heavy atom. The fourth-order valence-electron chi connectivity index (χ4n) is 1.76. The number of nitrogens with zero attached hydrogens (tertiary/aromatic N) is 1. The zero-order valence-corrected chi connectivity index (χ0v) is 11.7. The molecule has 0 unspecified atom stereocenters. The van der Waals surface area contributed by atoms with E-state index < -0.39 is 0 Å². The Bertz CT molecular complexity index is 644. The summed E-state index contributed by atoms with van der Waals surface area (Å²) in [6, 6.07) is 13.3. The molecule has 2 aromatic carbocycles. The molecule has 96 valence electrons. The quantitative estimate of drug-likeness (QED) is 0.828. The molecule has 0 bridgehead atoms. The molecule has 0 amide bonds. The molecule has 0 radical (unpaired) electrons. The Balaban J connectivity index is 2.16. The number of aryl methyl sites for hydroxylation is 2. The lowest BCUT2D eigenvalue weighted by Crippen LogP contribution is -1.98. The first-order valence-corrected chi connectivity index (χ1v) is 6.36. The molecule has 0 aromatic heterocycles. The summed E-state index contributed by atoms with van der Waals surface area (Å²) < 4.78 is 5.68. The molecule has 0 fully saturated rings. The van der Waals surface area contributed by atoms with Gasteiger partial charge in [-0.3, -0.25) is 0 Å². The minimum Gasteiger partial charge on any atom is -0.487 e. The topological polar surface area (TPSA) is 33.0 Å². The summed E-state index contributed by atoms with van der Waals surface area (Å²) in [7, 11) is 0. The van der Waals surface area contributed by atoms with Crippen LogP contribution < -0.4 is 4.74 Å². The summed E-state index contributed by atoms with van der Waals surface area (Å²) in [6.45, 7) is 4.57. The average Bonchev–Trinajstić information content (AvgIpc) is 2.40. The molecule has 0 N–H and O–H groups in total. The highest BCUT2D eigenvalue weighted by atomic mass is 35.5. The molecule has 0 aliphatic heterocycles. The number of hydrogen-bond donors (Lipinski definition) is 0. The summed E-state index contributed by atoms with van der Waals surface area (Å²) in [5.41, 5.74) is 4.05. The SMILES string of the molecule is Cc1ccc(COc2cc(Cl)ccc2C#N)cc1C. The van der Waals surface area contributed by atoms with Crippen molar-refractivity contribution in [1.29, 1.82) is 5.26 Å². The monoisotopic (exact) mass is 271 g/mol. The number of nitriles is 1. The van der Waals surface area contributed by atoms with Gasteiger partial charge in [0.25, 0.3) is 0 Å². The predicted molar refractivity (Wildman–Crippen MR) is 76.4 cm³/mol. The molecule has 0 aliphatic carbocycles. The van der Waals surface area contributed by atoms with Crippen molar-refractivity contribution in [3.8, 4) is 11.8 Å². The van der Waals surface area contributed by atoms with Gasteiger partial charge in [-0.25, -0.2) is 0 Å².